The van der Waals surface area contributed by atoms with Crippen LogP contribution >= 0.6 is 0 Å². The van der Waals surface area contributed by atoms with Gasteiger partial charge >= 0.3 is 5.97 Å². The Hall–Kier alpha value is -2.24. The lowest BCUT2D eigenvalue weighted by Gasteiger charge is -2.24. The van der Waals surface area contributed by atoms with Crippen molar-refractivity contribution in [2.24, 2.45) is 0 Å². The SMILES string of the molecule is C[C@@H](OC(=O)c1ccc2c(c1)OCO2)C(=O)NC1CCCCC1. The van der Waals surface area contributed by atoms with Crippen LogP contribution in [0.4, 0.5) is 0 Å². The van der Waals surface area contributed by atoms with Crippen molar-refractivity contribution >= 4 is 11.9 Å². The van der Waals surface area contributed by atoms with Crippen molar-refractivity contribution in [3.63, 3.8) is 0 Å². The Labute approximate surface area is 135 Å². The van der Waals surface area contributed by atoms with Gasteiger partial charge in [0.2, 0.25) is 6.79 Å². The first-order valence-corrected chi connectivity index (χ1v) is 8.04. The molecule has 6 heteroatoms. The summed E-state index contributed by atoms with van der Waals surface area (Å²) in [6.45, 7) is 1.73. The summed E-state index contributed by atoms with van der Waals surface area (Å²) in [4.78, 5) is 24.3. The average Bonchev–Trinajstić information content (AvgIpc) is 3.03. The maximum Gasteiger partial charge on any atom is 0.339 e. The maximum absolute atomic E-state index is 12.2. The lowest BCUT2D eigenvalue weighted by Crippen LogP contribution is -2.42. The Morgan fingerprint density at radius 3 is 2.70 bits per heavy atom. The number of benzene rings is 1. The van der Waals surface area contributed by atoms with Gasteiger partial charge in [-0.05, 0) is 38.0 Å². The fraction of sp³-hybridized carbons (Fsp3) is 0.529. The molecule has 23 heavy (non-hydrogen) atoms. The van der Waals surface area contributed by atoms with Crippen LogP contribution in [0.1, 0.15) is 49.4 Å². The molecule has 0 spiro atoms. The van der Waals surface area contributed by atoms with E-state index in [0.717, 1.165) is 25.7 Å². The highest BCUT2D eigenvalue weighted by Crippen LogP contribution is 2.32. The predicted octanol–water partition coefficient (Wildman–Crippen LogP) is 2.41. The predicted molar refractivity (Wildman–Crippen MR) is 82.5 cm³/mol. The summed E-state index contributed by atoms with van der Waals surface area (Å²) in [7, 11) is 0. The summed E-state index contributed by atoms with van der Waals surface area (Å²) in [6, 6.07) is 5.02. The van der Waals surface area contributed by atoms with Crippen LogP contribution in [0.3, 0.4) is 0 Å². The van der Waals surface area contributed by atoms with Crippen LogP contribution in [-0.2, 0) is 9.53 Å². The van der Waals surface area contributed by atoms with Crippen LogP contribution in [0.15, 0.2) is 18.2 Å². The minimum atomic E-state index is -0.824. The molecule has 6 nitrogen and oxygen atoms in total. The molecule has 1 aromatic rings. The largest absolute Gasteiger partial charge is 0.454 e. The molecule has 0 unspecified atom stereocenters. The summed E-state index contributed by atoms with van der Waals surface area (Å²) < 4.78 is 15.7. The van der Waals surface area contributed by atoms with Gasteiger partial charge in [0.25, 0.3) is 5.91 Å². The van der Waals surface area contributed by atoms with E-state index in [-0.39, 0.29) is 18.7 Å². The first kappa shape index (κ1) is 15.6. The lowest BCUT2D eigenvalue weighted by atomic mass is 9.95. The normalized spacial score (nSPS) is 18.3. The molecule has 1 aliphatic carbocycles. The van der Waals surface area contributed by atoms with Crippen LogP contribution in [0, 0.1) is 0 Å². The van der Waals surface area contributed by atoms with Crippen molar-refractivity contribution in [1.29, 1.82) is 0 Å². The molecular formula is C17H21NO5. The molecule has 124 valence electrons. The molecule has 1 N–H and O–H groups in total. The van der Waals surface area contributed by atoms with E-state index in [2.05, 4.69) is 5.32 Å². The molecule has 0 saturated heterocycles. The molecule has 3 rings (SSSR count). The minimum absolute atomic E-state index is 0.147. The number of hydrogen-bond acceptors (Lipinski definition) is 5. The van der Waals surface area contributed by atoms with Crippen molar-refractivity contribution in [2.75, 3.05) is 6.79 Å². The van der Waals surface area contributed by atoms with E-state index in [0.29, 0.717) is 17.1 Å². The van der Waals surface area contributed by atoms with Gasteiger partial charge in [-0.1, -0.05) is 19.3 Å². The topological polar surface area (TPSA) is 73.9 Å². The van der Waals surface area contributed by atoms with E-state index in [4.69, 9.17) is 14.2 Å². The summed E-state index contributed by atoms with van der Waals surface area (Å²) in [5.41, 5.74) is 0.339. The van der Waals surface area contributed by atoms with Gasteiger partial charge in [-0.25, -0.2) is 4.79 Å². The molecule has 1 aromatic carbocycles. The Morgan fingerprint density at radius 2 is 1.91 bits per heavy atom. The van der Waals surface area contributed by atoms with E-state index < -0.39 is 12.1 Å². The Balaban J connectivity index is 1.55. The van der Waals surface area contributed by atoms with Crippen LogP contribution in [0.2, 0.25) is 0 Å². The molecule has 1 aliphatic heterocycles. The standard InChI is InChI=1S/C17H21NO5/c1-11(16(19)18-13-5-3-2-4-6-13)23-17(20)12-7-8-14-15(9-12)22-10-21-14/h7-9,11,13H,2-6,10H2,1H3,(H,18,19)/t11-/m1/s1. The smallest absolute Gasteiger partial charge is 0.339 e. The number of nitrogens with one attached hydrogen (secondary N) is 1. The minimum Gasteiger partial charge on any atom is -0.454 e. The average molecular weight is 319 g/mol. The van der Waals surface area contributed by atoms with E-state index in [1.54, 1.807) is 25.1 Å². The molecule has 2 aliphatic rings. The van der Waals surface area contributed by atoms with Crippen molar-refractivity contribution < 1.29 is 23.8 Å². The first-order valence-electron chi connectivity index (χ1n) is 8.04. The second kappa shape index (κ2) is 6.89. The van der Waals surface area contributed by atoms with Crippen LogP contribution in [-0.4, -0.2) is 30.8 Å². The molecule has 1 saturated carbocycles. The van der Waals surface area contributed by atoms with Gasteiger partial charge in [-0.2, -0.15) is 0 Å². The summed E-state index contributed by atoms with van der Waals surface area (Å²) in [6.07, 6.45) is 4.66. The zero-order valence-electron chi connectivity index (χ0n) is 13.2. The zero-order valence-corrected chi connectivity index (χ0v) is 13.2. The van der Waals surface area contributed by atoms with Crippen molar-refractivity contribution in [3.8, 4) is 11.5 Å². The number of ether oxygens (including phenoxy) is 3. The Bertz CT molecular complexity index is 595. The quantitative estimate of drug-likeness (QED) is 0.863. The summed E-state index contributed by atoms with van der Waals surface area (Å²) >= 11 is 0. The molecule has 1 heterocycles. The van der Waals surface area contributed by atoms with E-state index in [1.807, 2.05) is 0 Å². The zero-order chi connectivity index (χ0) is 16.2. The fourth-order valence-corrected chi connectivity index (χ4v) is 2.87. The second-order valence-electron chi connectivity index (χ2n) is 5.96. The lowest BCUT2D eigenvalue weighted by molar-refractivity contribution is -0.130. The van der Waals surface area contributed by atoms with Crippen LogP contribution < -0.4 is 14.8 Å². The van der Waals surface area contributed by atoms with E-state index in [9.17, 15) is 9.59 Å². The number of carbonyl (C=O) groups is 2. The molecule has 1 amide bonds. The fourth-order valence-electron chi connectivity index (χ4n) is 2.87. The third kappa shape index (κ3) is 3.75. The van der Waals surface area contributed by atoms with Crippen LogP contribution in [0.25, 0.3) is 0 Å². The molecule has 1 fully saturated rings. The number of amides is 1. The van der Waals surface area contributed by atoms with E-state index in [1.165, 1.54) is 6.42 Å². The van der Waals surface area contributed by atoms with Gasteiger partial charge in [-0.15, -0.1) is 0 Å². The number of rotatable bonds is 4. The first-order chi connectivity index (χ1) is 11.1. The van der Waals surface area contributed by atoms with Crippen molar-refractivity contribution in [2.45, 2.75) is 51.2 Å². The van der Waals surface area contributed by atoms with Gasteiger partial charge < -0.3 is 19.5 Å². The highest BCUT2D eigenvalue weighted by molar-refractivity contribution is 5.93. The number of esters is 1. The molecule has 0 radical (unpaired) electrons. The number of carbonyl (C=O) groups excluding carboxylic acids is 2. The summed E-state index contributed by atoms with van der Waals surface area (Å²) in [5.74, 6) is 0.323. The highest BCUT2D eigenvalue weighted by atomic mass is 16.7. The van der Waals surface area contributed by atoms with Crippen LogP contribution in [0.5, 0.6) is 11.5 Å². The molecule has 0 bridgehead atoms. The Kier molecular flexibility index (Phi) is 4.69. The van der Waals surface area contributed by atoms with Crippen molar-refractivity contribution in [1.82, 2.24) is 5.32 Å². The Morgan fingerprint density at radius 1 is 1.17 bits per heavy atom. The molecule has 1 atom stereocenters. The maximum atomic E-state index is 12.2. The van der Waals surface area contributed by atoms with E-state index >= 15 is 0 Å². The van der Waals surface area contributed by atoms with Gasteiger partial charge in [0, 0.05) is 6.04 Å². The van der Waals surface area contributed by atoms with Gasteiger partial charge in [0.1, 0.15) is 0 Å². The van der Waals surface area contributed by atoms with Crippen molar-refractivity contribution in [3.05, 3.63) is 23.8 Å². The number of fused-ring (bicyclic) bond motifs is 1. The monoisotopic (exact) mass is 319 g/mol. The van der Waals surface area contributed by atoms with Gasteiger partial charge in [0.15, 0.2) is 17.6 Å². The molecule has 0 aromatic heterocycles. The second-order valence-corrected chi connectivity index (χ2v) is 5.96. The third-order valence-corrected chi connectivity index (χ3v) is 4.21. The van der Waals surface area contributed by atoms with Gasteiger partial charge in [0.05, 0.1) is 5.56 Å². The van der Waals surface area contributed by atoms with Gasteiger partial charge in [-0.3, -0.25) is 4.79 Å². The highest BCUT2D eigenvalue weighted by Gasteiger charge is 2.24. The number of hydrogen-bond donors (Lipinski definition) is 1. The third-order valence-electron chi connectivity index (χ3n) is 4.21. The molecular weight excluding hydrogens is 298 g/mol. The summed E-state index contributed by atoms with van der Waals surface area (Å²) in [5, 5.41) is 2.96.